The van der Waals surface area contributed by atoms with Crippen molar-refractivity contribution in [1.29, 1.82) is 0 Å². The lowest BCUT2D eigenvalue weighted by Crippen LogP contribution is -1.93. The number of hydrogen-bond acceptors (Lipinski definition) is 4. The van der Waals surface area contributed by atoms with E-state index in [9.17, 15) is 5.11 Å². The van der Waals surface area contributed by atoms with E-state index >= 15 is 0 Å². The SMILES string of the molecule is CCc1ccccc1N=Cc1sc(=S)n(-c2ccc(Cl)cc2)c1O. The van der Waals surface area contributed by atoms with Gasteiger partial charge in [-0.15, -0.1) is 0 Å². The number of thiazole rings is 1. The first kappa shape index (κ1) is 16.9. The Hall–Kier alpha value is -1.95. The molecule has 0 atom stereocenters. The summed E-state index contributed by atoms with van der Waals surface area (Å²) in [7, 11) is 0. The Morgan fingerprint density at radius 2 is 1.92 bits per heavy atom. The first-order chi connectivity index (χ1) is 11.6. The van der Waals surface area contributed by atoms with Crippen molar-refractivity contribution in [3.63, 3.8) is 0 Å². The molecule has 3 rings (SSSR count). The van der Waals surface area contributed by atoms with Gasteiger partial charge in [0.05, 0.1) is 17.6 Å². The number of nitrogens with zero attached hydrogens (tertiary/aromatic N) is 2. The highest BCUT2D eigenvalue weighted by Gasteiger charge is 2.12. The van der Waals surface area contributed by atoms with E-state index in [1.807, 2.05) is 36.4 Å². The van der Waals surface area contributed by atoms with Crippen molar-refractivity contribution < 1.29 is 5.11 Å². The molecular weight excluding hydrogens is 360 g/mol. The summed E-state index contributed by atoms with van der Waals surface area (Å²) in [5.41, 5.74) is 2.83. The molecule has 0 unspecified atom stereocenters. The summed E-state index contributed by atoms with van der Waals surface area (Å²) in [6.07, 6.45) is 2.57. The maximum Gasteiger partial charge on any atom is 0.216 e. The normalized spacial score (nSPS) is 11.2. The molecule has 0 saturated carbocycles. The molecule has 0 aliphatic rings. The molecule has 0 aliphatic heterocycles. The van der Waals surface area contributed by atoms with Crippen LogP contribution in [0.15, 0.2) is 53.5 Å². The summed E-state index contributed by atoms with van der Waals surface area (Å²) >= 11 is 12.6. The van der Waals surface area contributed by atoms with Gasteiger partial charge in [0, 0.05) is 5.02 Å². The minimum atomic E-state index is 0.0880. The predicted molar refractivity (Wildman–Crippen MR) is 104 cm³/mol. The second-order valence-electron chi connectivity index (χ2n) is 5.11. The monoisotopic (exact) mass is 374 g/mol. The van der Waals surface area contributed by atoms with Gasteiger partial charge in [0.1, 0.15) is 4.88 Å². The minimum absolute atomic E-state index is 0.0880. The average Bonchev–Trinajstić information content (AvgIpc) is 2.88. The van der Waals surface area contributed by atoms with Gasteiger partial charge in [-0.25, -0.2) is 0 Å². The van der Waals surface area contributed by atoms with Crippen LogP contribution in [-0.4, -0.2) is 15.9 Å². The molecule has 24 heavy (non-hydrogen) atoms. The Balaban J connectivity index is 1.99. The lowest BCUT2D eigenvalue weighted by molar-refractivity contribution is 0.441. The maximum atomic E-state index is 10.5. The lowest BCUT2D eigenvalue weighted by Gasteiger charge is -2.04. The van der Waals surface area contributed by atoms with E-state index in [1.54, 1.807) is 22.9 Å². The largest absolute Gasteiger partial charge is 0.493 e. The first-order valence-electron chi connectivity index (χ1n) is 7.43. The second kappa shape index (κ2) is 7.30. The van der Waals surface area contributed by atoms with Crippen LogP contribution in [0.4, 0.5) is 5.69 Å². The van der Waals surface area contributed by atoms with E-state index < -0.39 is 0 Å². The van der Waals surface area contributed by atoms with Crippen LogP contribution >= 0.6 is 35.2 Å². The molecule has 1 heterocycles. The standard InChI is InChI=1S/C18H15ClN2OS2/c1-2-12-5-3-4-6-15(12)20-11-16-17(22)21(18(23)24-16)14-9-7-13(19)8-10-14/h3-11,22H,2H2,1H3. The van der Waals surface area contributed by atoms with E-state index in [2.05, 4.69) is 11.9 Å². The zero-order valence-corrected chi connectivity index (χ0v) is 15.3. The zero-order valence-electron chi connectivity index (χ0n) is 12.9. The Kier molecular flexibility index (Phi) is 5.14. The van der Waals surface area contributed by atoms with Crippen LogP contribution in [0, 0.1) is 3.95 Å². The lowest BCUT2D eigenvalue weighted by atomic mass is 10.1. The number of hydrogen-bond donors (Lipinski definition) is 1. The van der Waals surface area contributed by atoms with Crippen molar-refractivity contribution >= 4 is 47.1 Å². The van der Waals surface area contributed by atoms with Crippen molar-refractivity contribution in [1.82, 2.24) is 4.57 Å². The van der Waals surface area contributed by atoms with Crippen LogP contribution in [-0.2, 0) is 6.42 Å². The molecule has 0 saturated heterocycles. The van der Waals surface area contributed by atoms with Gasteiger partial charge in [0.25, 0.3) is 0 Å². The van der Waals surface area contributed by atoms with Crippen molar-refractivity contribution in [2.45, 2.75) is 13.3 Å². The molecule has 0 radical (unpaired) electrons. The number of para-hydroxylation sites is 1. The Morgan fingerprint density at radius 1 is 1.21 bits per heavy atom. The van der Waals surface area contributed by atoms with Crippen LogP contribution in [0.3, 0.4) is 0 Å². The molecule has 3 nitrogen and oxygen atoms in total. The van der Waals surface area contributed by atoms with Gasteiger partial charge < -0.3 is 5.11 Å². The Bertz CT molecular complexity index is 942. The summed E-state index contributed by atoms with van der Waals surface area (Å²) in [6, 6.07) is 15.1. The zero-order chi connectivity index (χ0) is 17.1. The van der Waals surface area contributed by atoms with E-state index in [0.717, 1.165) is 23.4 Å². The predicted octanol–water partition coefficient (Wildman–Crippen LogP) is 5.94. The molecule has 0 bridgehead atoms. The van der Waals surface area contributed by atoms with Crippen molar-refractivity contribution in [2.24, 2.45) is 4.99 Å². The van der Waals surface area contributed by atoms with Crippen LogP contribution in [0.25, 0.3) is 5.69 Å². The van der Waals surface area contributed by atoms with Crippen LogP contribution < -0.4 is 0 Å². The number of aromatic nitrogens is 1. The summed E-state index contributed by atoms with van der Waals surface area (Å²) in [5.74, 6) is 0.0880. The fraction of sp³-hybridized carbons (Fsp3) is 0.111. The highest BCUT2D eigenvalue weighted by molar-refractivity contribution is 7.73. The minimum Gasteiger partial charge on any atom is -0.493 e. The maximum absolute atomic E-state index is 10.5. The van der Waals surface area contributed by atoms with E-state index in [0.29, 0.717) is 13.9 Å². The molecule has 3 aromatic rings. The number of benzene rings is 2. The summed E-state index contributed by atoms with van der Waals surface area (Å²) in [4.78, 5) is 5.14. The Labute approximate surface area is 154 Å². The van der Waals surface area contributed by atoms with Crippen LogP contribution in [0.1, 0.15) is 17.4 Å². The second-order valence-corrected chi connectivity index (χ2v) is 7.22. The van der Waals surface area contributed by atoms with Gasteiger partial charge in [0.2, 0.25) is 5.88 Å². The summed E-state index contributed by atoms with van der Waals surface area (Å²) in [6.45, 7) is 2.09. The fourth-order valence-electron chi connectivity index (χ4n) is 2.35. The topological polar surface area (TPSA) is 37.5 Å². The molecule has 0 spiro atoms. The van der Waals surface area contributed by atoms with Gasteiger partial charge in [-0.2, -0.15) is 0 Å². The van der Waals surface area contributed by atoms with E-state index in [4.69, 9.17) is 23.8 Å². The number of aryl methyl sites for hydroxylation is 1. The molecule has 0 fully saturated rings. The quantitative estimate of drug-likeness (QED) is 0.453. The number of halogens is 1. The molecule has 1 N–H and O–H groups in total. The Morgan fingerprint density at radius 3 is 2.62 bits per heavy atom. The highest BCUT2D eigenvalue weighted by atomic mass is 35.5. The van der Waals surface area contributed by atoms with Crippen molar-refractivity contribution in [3.05, 3.63) is 67.9 Å². The molecule has 122 valence electrons. The number of aliphatic imine (C=N–C) groups is 1. The third kappa shape index (κ3) is 3.43. The summed E-state index contributed by atoms with van der Waals surface area (Å²) in [5, 5.41) is 11.2. The molecule has 6 heteroatoms. The smallest absolute Gasteiger partial charge is 0.216 e. The van der Waals surface area contributed by atoms with Gasteiger partial charge in [0.15, 0.2) is 3.95 Å². The third-order valence-electron chi connectivity index (χ3n) is 3.59. The molecule has 0 aliphatic carbocycles. The molecule has 2 aromatic carbocycles. The van der Waals surface area contributed by atoms with Crippen LogP contribution in [0.5, 0.6) is 5.88 Å². The van der Waals surface area contributed by atoms with Crippen molar-refractivity contribution in [2.75, 3.05) is 0 Å². The number of rotatable bonds is 4. The van der Waals surface area contributed by atoms with Crippen LogP contribution in [0.2, 0.25) is 5.02 Å². The summed E-state index contributed by atoms with van der Waals surface area (Å²) < 4.78 is 2.17. The van der Waals surface area contributed by atoms with E-state index in [-0.39, 0.29) is 5.88 Å². The van der Waals surface area contributed by atoms with E-state index in [1.165, 1.54) is 11.3 Å². The molecule has 0 amide bonds. The third-order valence-corrected chi connectivity index (χ3v) is 5.14. The van der Waals surface area contributed by atoms with Gasteiger partial charge in [-0.05, 0) is 54.5 Å². The first-order valence-corrected chi connectivity index (χ1v) is 9.03. The van der Waals surface area contributed by atoms with Gasteiger partial charge in [-0.1, -0.05) is 48.1 Å². The fourth-order valence-corrected chi connectivity index (χ4v) is 3.69. The highest BCUT2D eigenvalue weighted by Crippen LogP contribution is 2.29. The average molecular weight is 375 g/mol. The molecule has 1 aromatic heterocycles. The molecular formula is C18H15ClN2OS2. The van der Waals surface area contributed by atoms with Gasteiger partial charge in [-0.3, -0.25) is 9.56 Å². The van der Waals surface area contributed by atoms with Gasteiger partial charge >= 0.3 is 0 Å². The number of aromatic hydroxyl groups is 1. The van der Waals surface area contributed by atoms with Crippen molar-refractivity contribution in [3.8, 4) is 11.6 Å².